The molecule has 1 aliphatic carbocycles. The van der Waals surface area contributed by atoms with Crippen LogP contribution in [0.2, 0.25) is 25.7 Å². The predicted octanol–water partition coefficient (Wildman–Crippen LogP) is 5.79. The maximum Gasteiger partial charge on any atom is 0.407 e. The lowest BCUT2D eigenvalue weighted by Crippen LogP contribution is -2.41. The first-order valence-electron chi connectivity index (χ1n) is 12.6. The van der Waals surface area contributed by atoms with Crippen LogP contribution in [0, 0.1) is 0 Å². The Morgan fingerprint density at radius 1 is 1.28 bits per heavy atom. The lowest BCUT2D eigenvalue weighted by Gasteiger charge is -2.22. The number of hydrogen-bond donors (Lipinski definition) is 2. The van der Waals surface area contributed by atoms with Crippen molar-refractivity contribution >= 4 is 36.0 Å². The first-order chi connectivity index (χ1) is 16.7. The number of halogens is 1. The van der Waals surface area contributed by atoms with E-state index in [9.17, 15) is 4.79 Å². The van der Waals surface area contributed by atoms with E-state index in [1.807, 2.05) is 33.8 Å². The quantitative estimate of drug-likeness (QED) is 0.256. The second kappa shape index (κ2) is 11.2. The zero-order valence-corrected chi connectivity index (χ0v) is 25.5. The second-order valence-corrected chi connectivity index (χ2v) is 18.5. The molecule has 0 bridgehead atoms. The van der Waals surface area contributed by atoms with Crippen molar-refractivity contribution in [2.45, 2.75) is 96.9 Å². The largest absolute Gasteiger partial charge is 0.444 e. The van der Waals surface area contributed by atoms with Gasteiger partial charge in [-0.05, 0) is 68.6 Å². The van der Waals surface area contributed by atoms with Gasteiger partial charge in [-0.1, -0.05) is 26.6 Å². The molecule has 0 radical (unpaired) electrons. The van der Waals surface area contributed by atoms with Crippen LogP contribution in [-0.2, 0) is 21.6 Å². The minimum absolute atomic E-state index is 0.0692. The van der Waals surface area contributed by atoms with E-state index in [1.165, 1.54) is 0 Å². The molecule has 3 rings (SSSR count). The van der Waals surface area contributed by atoms with Gasteiger partial charge in [0.1, 0.15) is 28.5 Å². The van der Waals surface area contributed by atoms with E-state index < -0.39 is 19.8 Å². The summed E-state index contributed by atoms with van der Waals surface area (Å²) in [6, 6.07) is 2.82. The van der Waals surface area contributed by atoms with Crippen LogP contribution < -0.4 is 10.6 Å². The molecule has 1 saturated carbocycles. The fourth-order valence-electron chi connectivity index (χ4n) is 3.58. The molecule has 0 aliphatic heterocycles. The topological polar surface area (TPSA) is 103 Å². The number of carbonyl (C=O) groups is 1. The van der Waals surface area contributed by atoms with Crippen molar-refractivity contribution in [1.29, 1.82) is 0 Å². The summed E-state index contributed by atoms with van der Waals surface area (Å²) >= 11 is 3.68. The number of imidazole rings is 1. The van der Waals surface area contributed by atoms with Crippen molar-refractivity contribution in [1.82, 2.24) is 24.8 Å². The summed E-state index contributed by atoms with van der Waals surface area (Å²) < 4.78 is 14.4. The zero-order chi connectivity index (χ0) is 26.7. The molecule has 2 heterocycles. The number of rotatable bonds is 11. The van der Waals surface area contributed by atoms with E-state index in [4.69, 9.17) is 19.4 Å². The number of hydrogen-bond acceptors (Lipinski definition) is 7. The Labute approximate surface area is 224 Å². The van der Waals surface area contributed by atoms with Crippen molar-refractivity contribution < 1.29 is 14.3 Å². The predicted molar refractivity (Wildman–Crippen MR) is 149 cm³/mol. The average Bonchev–Trinajstić information content (AvgIpc) is 3.39. The number of ether oxygens (including phenoxy) is 2. The molecule has 36 heavy (non-hydrogen) atoms. The molecule has 0 spiro atoms. The first-order valence-corrected chi connectivity index (χ1v) is 17.1. The maximum absolute atomic E-state index is 12.0. The molecule has 1 amide bonds. The van der Waals surface area contributed by atoms with Crippen LogP contribution in [0.15, 0.2) is 16.9 Å². The third-order valence-corrected chi connectivity index (χ3v) is 8.17. The lowest BCUT2D eigenvalue weighted by atomic mass is 10.1. The Kier molecular flexibility index (Phi) is 8.88. The lowest BCUT2D eigenvalue weighted by molar-refractivity contribution is 0.0511. The van der Waals surface area contributed by atoms with Crippen LogP contribution in [0.3, 0.4) is 0 Å². The molecule has 2 aromatic rings. The zero-order valence-electron chi connectivity index (χ0n) is 22.9. The van der Waals surface area contributed by atoms with Crippen molar-refractivity contribution in [2.24, 2.45) is 0 Å². The summed E-state index contributed by atoms with van der Waals surface area (Å²) in [6.07, 6.45) is 3.51. The van der Waals surface area contributed by atoms with Gasteiger partial charge in [0.2, 0.25) is 5.95 Å². The Bertz CT molecular complexity index is 1060. The van der Waals surface area contributed by atoms with Crippen LogP contribution in [0.5, 0.6) is 0 Å². The molecule has 2 aromatic heterocycles. The molecule has 2 N–H and O–H groups in total. The molecule has 1 fully saturated rings. The highest BCUT2D eigenvalue weighted by Crippen LogP contribution is 2.48. The second-order valence-electron chi connectivity index (χ2n) is 12.1. The van der Waals surface area contributed by atoms with Gasteiger partial charge in [0.05, 0.1) is 5.69 Å². The van der Waals surface area contributed by atoms with Crippen LogP contribution in [0.4, 0.5) is 10.7 Å². The van der Waals surface area contributed by atoms with Crippen LogP contribution in [0.1, 0.15) is 53.3 Å². The summed E-state index contributed by atoms with van der Waals surface area (Å²) in [4.78, 5) is 26.0. The highest BCUT2D eigenvalue weighted by atomic mass is 79.9. The molecule has 0 aromatic carbocycles. The van der Waals surface area contributed by atoms with Gasteiger partial charge in [0.25, 0.3) is 0 Å². The van der Waals surface area contributed by atoms with Crippen LogP contribution in [0.25, 0.3) is 11.4 Å². The summed E-state index contributed by atoms with van der Waals surface area (Å²) in [5.74, 6) is 1.50. The number of carbonyl (C=O) groups excluding carboxylic acids is 1. The smallest absolute Gasteiger partial charge is 0.407 e. The number of aromatic nitrogens is 4. The van der Waals surface area contributed by atoms with Crippen LogP contribution >= 0.6 is 15.9 Å². The fraction of sp³-hybridized carbons (Fsp3) is 0.680. The standard InChI is InChI=1S/C25H41BrN6O3Si/c1-17(29-23(33)35-24(2,3)4)15-28-22-27-12-9-18(30-22)19-20(26)31-21(25(5)10-11-25)32(19)16-34-13-14-36(6,7)8/h9,12,17H,10-11,13-16H2,1-8H3,(H,29,33)(H,27,28,30). The molecule has 1 unspecified atom stereocenters. The van der Waals surface area contributed by atoms with Crippen LogP contribution in [-0.4, -0.2) is 58.5 Å². The van der Waals surface area contributed by atoms with E-state index >= 15 is 0 Å². The normalized spacial score (nSPS) is 15.9. The summed E-state index contributed by atoms with van der Waals surface area (Å²) in [7, 11) is -1.18. The Morgan fingerprint density at radius 3 is 2.58 bits per heavy atom. The Hall–Kier alpha value is -1.98. The SMILES string of the molecule is CC(CNc1nccc(-c2c(Br)nc(C3(C)CC3)n2COCC[Si](C)(C)C)n1)NC(=O)OC(C)(C)C. The third-order valence-electron chi connectivity index (χ3n) is 5.91. The van der Waals surface area contributed by atoms with E-state index in [0.29, 0.717) is 19.2 Å². The molecule has 9 nitrogen and oxygen atoms in total. The van der Waals surface area contributed by atoms with Crippen molar-refractivity contribution in [3.05, 3.63) is 22.7 Å². The molecule has 0 saturated heterocycles. The summed E-state index contributed by atoms with van der Waals surface area (Å²) in [5, 5.41) is 6.04. The van der Waals surface area contributed by atoms with Gasteiger partial charge < -0.3 is 24.7 Å². The first kappa shape index (κ1) is 28.6. The summed E-state index contributed by atoms with van der Waals surface area (Å²) in [5.41, 5.74) is 1.17. The van der Waals surface area contributed by atoms with Gasteiger partial charge in [-0.2, -0.15) is 0 Å². The third kappa shape index (κ3) is 8.27. The molecule has 1 atom stereocenters. The molecule has 11 heteroatoms. The van der Waals surface area contributed by atoms with E-state index in [2.05, 4.69) is 62.7 Å². The summed E-state index contributed by atoms with van der Waals surface area (Å²) in [6.45, 7) is 18.3. The van der Waals surface area contributed by atoms with Gasteiger partial charge in [0.15, 0.2) is 0 Å². The van der Waals surface area contributed by atoms with E-state index in [0.717, 1.165) is 47.3 Å². The minimum Gasteiger partial charge on any atom is -0.444 e. The fourth-order valence-corrected chi connectivity index (χ4v) is 4.92. The molecular formula is C25H41BrN6O3Si. The molecule has 200 valence electrons. The number of alkyl carbamates (subject to hydrolysis) is 1. The van der Waals surface area contributed by atoms with Gasteiger partial charge in [0, 0.05) is 38.9 Å². The van der Waals surface area contributed by atoms with E-state index in [1.54, 1.807) is 6.20 Å². The molecular weight excluding hydrogens is 540 g/mol. The van der Waals surface area contributed by atoms with Crippen molar-refractivity contribution in [3.8, 4) is 11.4 Å². The number of nitrogens with zero attached hydrogens (tertiary/aromatic N) is 4. The maximum atomic E-state index is 12.0. The van der Waals surface area contributed by atoms with Gasteiger partial charge in [-0.15, -0.1) is 0 Å². The van der Waals surface area contributed by atoms with Gasteiger partial charge in [-0.25, -0.2) is 19.7 Å². The average molecular weight is 582 g/mol. The Balaban J connectivity index is 1.73. The highest BCUT2D eigenvalue weighted by molar-refractivity contribution is 9.10. The van der Waals surface area contributed by atoms with Gasteiger partial charge in [-0.3, -0.25) is 0 Å². The number of anilines is 1. The van der Waals surface area contributed by atoms with Crippen molar-refractivity contribution in [3.63, 3.8) is 0 Å². The number of nitrogens with one attached hydrogen (secondary N) is 2. The highest BCUT2D eigenvalue weighted by Gasteiger charge is 2.44. The molecule has 1 aliphatic rings. The number of amides is 1. The van der Waals surface area contributed by atoms with Crippen molar-refractivity contribution in [2.75, 3.05) is 18.5 Å². The van der Waals surface area contributed by atoms with E-state index in [-0.39, 0.29) is 11.5 Å². The minimum atomic E-state index is -1.18. The Morgan fingerprint density at radius 2 is 1.97 bits per heavy atom. The monoisotopic (exact) mass is 580 g/mol. The van der Waals surface area contributed by atoms with Gasteiger partial charge >= 0.3 is 6.09 Å².